The first-order valence-electron chi connectivity index (χ1n) is 11.9. The minimum Gasteiger partial charge on any atom is -0.495 e. The molecule has 3 heterocycles. The van der Waals surface area contributed by atoms with Gasteiger partial charge in [-0.15, -0.1) is 0 Å². The fraction of sp³-hybridized carbons (Fsp3) is 0.500. The fourth-order valence-corrected chi connectivity index (χ4v) is 4.59. The van der Waals surface area contributed by atoms with Gasteiger partial charge in [-0.2, -0.15) is 0 Å². The van der Waals surface area contributed by atoms with Crippen molar-refractivity contribution in [2.45, 2.75) is 58.3 Å². The zero-order valence-electron chi connectivity index (χ0n) is 21.0. The van der Waals surface area contributed by atoms with E-state index in [2.05, 4.69) is 4.98 Å². The van der Waals surface area contributed by atoms with Crippen molar-refractivity contribution >= 4 is 18.1 Å². The van der Waals surface area contributed by atoms with Gasteiger partial charge in [0.2, 0.25) is 5.91 Å². The van der Waals surface area contributed by atoms with Crippen LogP contribution in [-0.4, -0.2) is 80.9 Å². The van der Waals surface area contributed by atoms with Crippen LogP contribution >= 0.6 is 0 Å². The third-order valence-electron chi connectivity index (χ3n) is 6.23. The van der Waals surface area contributed by atoms with E-state index in [1.165, 1.54) is 4.90 Å². The molecule has 2 aromatic rings. The standard InChI is InChI=1S/C26H34N4O5/c1-17-13-29(16-27-17)20-9-8-18(12-23(20)34-5)11-19-7-6-10-30(24(19)32)21-14-28(15-22(21)31)25(33)35-26(2,3)4/h8-9,11-13,16,21-22,31H,6-7,10,14-15H2,1-5H3/t21-,22-/m1/s1. The third-order valence-corrected chi connectivity index (χ3v) is 6.23. The number of hydrogen-bond donors (Lipinski definition) is 1. The molecular formula is C26H34N4O5. The number of hydrogen-bond acceptors (Lipinski definition) is 6. The fourth-order valence-electron chi connectivity index (χ4n) is 4.59. The van der Waals surface area contributed by atoms with Crippen molar-refractivity contribution in [2.24, 2.45) is 0 Å². The van der Waals surface area contributed by atoms with Crippen molar-refractivity contribution in [2.75, 3.05) is 26.7 Å². The molecule has 0 spiro atoms. The summed E-state index contributed by atoms with van der Waals surface area (Å²) < 4.78 is 12.9. The van der Waals surface area contributed by atoms with Gasteiger partial charge in [0.15, 0.2) is 0 Å². The van der Waals surface area contributed by atoms with E-state index >= 15 is 0 Å². The smallest absolute Gasteiger partial charge is 0.410 e. The molecule has 0 unspecified atom stereocenters. The topological polar surface area (TPSA) is 97.1 Å². The van der Waals surface area contributed by atoms with Gasteiger partial charge in [-0.3, -0.25) is 4.79 Å². The number of rotatable bonds is 4. The lowest BCUT2D eigenvalue weighted by atomic mass is 9.98. The summed E-state index contributed by atoms with van der Waals surface area (Å²) in [5.41, 5.74) is 2.68. The summed E-state index contributed by atoms with van der Waals surface area (Å²) >= 11 is 0. The lowest BCUT2D eigenvalue weighted by Crippen LogP contribution is -2.49. The van der Waals surface area contributed by atoms with Crippen molar-refractivity contribution in [3.63, 3.8) is 0 Å². The average molecular weight is 483 g/mol. The summed E-state index contributed by atoms with van der Waals surface area (Å²) in [5, 5.41) is 10.7. The van der Waals surface area contributed by atoms with E-state index in [1.807, 2.05) is 42.0 Å². The summed E-state index contributed by atoms with van der Waals surface area (Å²) in [6.07, 6.45) is 5.69. The van der Waals surface area contributed by atoms with Crippen molar-refractivity contribution in [3.05, 3.63) is 47.6 Å². The molecular weight excluding hydrogens is 448 g/mol. The number of piperidine rings is 1. The molecule has 2 aliphatic heterocycles. The highest BCUT2D eigenvalue weighted by atomic mass is 16.6. The number of aromatic nitrogens is 2. The summed E-state index contributed by atoms with van der Waals surface area (Å²) in [6, 6.07) is 5.33. The molecule has 1 N–H and O–H groups in total. The van der Waals surface area contributed by atoms with E-state index < -0.39 is 23.8 Å². The zero-order chi connectivity index (χ0) is 25.3. The molecule has 1 aromatic carbocycles. The number of methoxy groups -OCH3 is 1. The molecule has 35 heavy (non-hydrogen) atoms. The van der Waals surface area contributed by atoms with E-state index in [0.29, 0.717) is 24.3 Å². The maximum Gasteiger partial charge on any atom is 0.410 e. The number of benzene rings is 1. The number of nitrogens with zero attached hydrogens (tertiary/aromatic N) is 4. The van der Waals surface area contributed by atoms with Crippen LogP contribution in [0.1, 0.15) is 44.9 Å². The molecule has 1 aromatic heterocycles. The van der Waals surface area contributed by atoms with Gasteiger partial charge in [-0.05, 0) is 64.3 Å². The number of imidazole rings is 1. The van der Waals surface area contributed by atoms with Crippen LogP contribution in [0.4, 0.5) is 4.79 Å². The minimum atomic E-state index is -0.816. The number of carbonyl (C=O) groups excluding carboxylic acids is 2. The Morgan fingerprint density at radius 3 is 2.69 bits per heavy atom. The Morgan fingerprint density at radius 2 is 2.03 bits per heavy atom. The zero-order valence-corrected chi connectivity index (χ0v) is 21.0. The Bertz CT molecular complexity index is 1130. The molecule has 2 atom stereocenters. The first-order chi connectivity index (χ1) is 16.6. The Labute approximate surface area is 205 Å². The molecule has 2 amide bonds. The Morgan fingerprint density at radius 1 is 1.26 bits per heavy atom. The van der Waals surface area contributed by atoms with E-state index in [9.17, 15) is 14.7 Å². The van der Waals surface area contributed by atoms with Crippen LogP contribution in [0.15, 0.2) is 36.3 Å². The number of amides is 2. The number of β-amino-alcohol motifs (C(OH)–C–C–N with tert-alkyl or cyclic N) is 1. The summed E-state index contributed by atoms with van der Waals surface area (Å²) in [7, 11) is 1.62. The molecule has 0 saturated carbocycles. The molecule has 9 nitrogen and oxygen atoms in total. The highest BCUT2D eigenvalue weighted by molar-refractivity contribution is 5.99. The molecule has 0 bridgehead atoms. The van der Waals surface area contributed by atoms with Gasteiger partial charge in [0, 0.05) is 24.9 Å². The predicted molar refractivity (Wildman–Crippen MR) is 131 cm³/mol. The Hall–Kier alpha value is -3.33. The van der Waals surface area contributed by atoms with Gasteiger partial charge in [0.1, 0.15) is 11.4 Å². The molecule has 2 saturated heterocycles. The highest BCUT2D eigenvalue weighted by Crippen LogP contribution is 2.29. The summed E-state index contributed by atoms with van der Waals surface area (Å²) in [4.78, 5) is 33.3. The van der Waals surface area contributed by atoms with E-state index in [0.717, 1.165) is 23.4 Å². The average Bonchev–Trinajstić information content (AvgIpc) is 3.39. The number of aryl methyl sites for hydroxylation is 1. The second-order valence-electron chi connectivity index (χ2n) is 10.1. The number of carbonyl (C=O) groups is 2. The molecule has 0 aliphatic carbocycles. The number of aliphatic hydroxyl groups is 1. The van der Waals surface area contributed by atoms with Gasteiger partial charge in [0.05, 0.1) is 43.5 Å². The van der Waals surface area contributed by atoms with Gasteiger partial charge in [-0.25, -0.2) is 9.78 Å². The van der Waals surface area contributed by atoms with E-state index in [-0.39, 0.29) is 19.0 Å². The van der Waals surface area contributed by atoms with Crippen LogP contribution in [0, 0.1) is 6.92 Å². The van der Waals surface area contributed by atoms with Gasteiger partial charge >= 0.3 is 6.09 Å². The molecule has 2 aliphatic rings. The van der Waals surface area contributed by atoms with Gasteiger partial charge in [0.25, 0.3) is 0 Å². The van der Waals surface area contributed by atoms with Crippen LogP contribution < -0.4 is 4.74 Å². The second-order valence-corrected chi connectivity index (χ2v) is 10.1. The second kappa shape index (κ2) is 9.73. The largest absolute Gasteiger partial charge is 0.495 e. The molecule has 2 fully saturated rings. The third kappa shape index (κ3) is 5.51. The van der Waals surface area contributed by atoms with E-state index in [4.69, 9.17) is 9.47 Å². The number of aliphatic hydroxyl groups excluding tert-OH is 1. The van der Waals surface area contributed by atoms with Crippen LogP contribution in [0.3, 0.4) is 0 Å². The number of likely N-dealkylation sites (tertiary alicyclic amines) is 2. The van der Waals surface area contributed by atoms with Crippen molar-refractivity contribution in [1.29, 1.82) is 0 Å². The van der Waals surface area contributed by atoms with Gasteiger partial charge < -0.3 is 28.9 Å². The van der Waals surface area contributed by atoms with Crippen LogP contribution in [0.25, 0.3) is 11.8 Å². The first-order valence-corrected chi connectivity index (χ1v) is 11.9. The van der Waals surface area contributed by atoms with E-state index in [1.54, 1.807) is 39.1 Å². The quantitative estimate of drug-likeness (QED) is 0.673. The number of ether oxygens (including phenoxy) is 2. The maximum atomic E-state index is 13.4. The highest BCUT2D eigenvalue weighted by Gasteiger charge is 2.42. The molecule has 0 radical (unpaired) electrons. The van der Waals surface area contributed by atoms with Gasteiger partial charge in [-0.1, -0.05) is 6.07 Å². The van der Waals surface area contributed by atoms with Crippen LogP contribution in [0.5, 0.6) is 5.75 Å². The summed E-state index contributed by atoms with van der Waals surface area (Å²) in [6.45, 7) is 8.28. The maximum absolute atomic E-state index is 13.4. The summed E-state index contributed by atoms with van der Waals surface area (Å²) in [5.74, 6) is 0.565. The minimum absolute atomic E-state index is 0.111. The Kier molecular flexibility index (Phi) is 6.89. The van der Waals surface area contributed by atoms with Crippen LogP contribution in [-0.2, 0) is 9.53 Å². The van der Waals surface area contributed by atoms with Crippen molar-refractivity contribution < 1.29 is 24.2 Å². The first kappa shape index (κ1) is 24.8. The lowest BCUT2D eigenvalue weighted by molar-refractivity contribution is -0.132. The Balaban J connectivity index is 1.51. The normalized spacial score (nSPS) is 22.1. The molecule has 9 heteroatoms. The lowest BCUT2D eigenvalue weighted by Gasteiger charge is -2.35. The SMILES string of the molecule is COc1cc(C=C2CCCN([C@@H]3CN(C(=O)OC(C)(C)C)C[C@H]3O)C2=O)ccc1-n1cnc(C)c1. The van der Waals surface area contributed by atoms with Crippen molar-refractivity contribution in [1.82, 2.24) is 19.4 Å². The predicted octanol–water partition coefficient (Wildman–Crippen LogP) is 3.18. The van der Waals surface area contributed by atoms with Crippen molar-refractivity contribution in [3.8, 4) is 11.4 Å². The van der Waals surface area contributed by atoms with Crippen LogP contribution in [0.2, 0.25) is 0 Å². The molecule has 4 rings (SSSR count). The molecule has 188 valence electrons. The monoisotopic (exact) mass is 482 g/mol.